The first kappa shape index (κ1) is 13.0. The molecule has 0 aromatic carbocycles. The first-order valence-electron chi connectivity index (χ1n) is 7.87. The Bertz CT molecular complexity index is 384. The molecule has 0 heterocycles. The van der Waals surface area contributed by atoms with Crippen LogP contribution < -0.4 is 0 Å². The lowest BCUT2D eigenvalue weighted by molar-refractivity contribution is -0.345. The quantitative estimate of drug-likeness (QED) is 0.552. The van der Waals surface area contributed by atoms with Gasteiger partial charge in [0.2, 0.25) is 0 Å². The molecule has 4 heteroatoms. The van der Waals surface area contributed by atoms with Crippen molar-refractivity contribution < 1.29 is 9.68 Å². The summed E-state index contributed by atoms with van der Waals surface area (Å²) in [5, 5.41) is 12.0. The van der Waals surface area contributed by atoms with Crippen LogP contribution in [-0.2, 0) is 9.68 Å². The Kier molecular flexibility index (Phi) is 3.42. The smallest absolute Gasteiger partial charge is 0.0734 e. The highest BCUT2D eigenvalue weighted by molar-refractivity contribution is 5.10. The Hall–Kier alpha value is -0.680. The van der Waals surface area contributed by atoms with Crippen molar-refractivity contribution in [2.75, 3.05) is 13.2 Å². The molecule has 6 unspecified atom stereocenters. The van der Waals surface area contributed by atoms with Crippen molar-refractivity contribution in [3.8, 4) is 0 Å². The average Bonchev–Trinajstić information content (AvgIpc) is 3.21. The Morgan fingerprint density at radius 1 is 0.800 bits per heavy atom. The van der Waals surface area contributed by atoms with E-state index < -0.39 is 0 Å². The highest BCUT2D eigenvalue weighted by atomic mass is 17.1. The van der Waals surface area contributed by atoms with Gasteiger partial charge in [-0.25, -0.2) is 0 Å². The van der Waals surface area contributed by atoms with Crippen molar-refractivity contribution in [1.29, 1.82) is 0 Å². The van der Waals surface area contributed by atoms with Gasteiger partial charge < -0.3 is 5.21 Å². The molecule has 6 atom stereocenters. The molecule has 4 aliphatic rings. The standard InChI is InChI=1S/C16H22NO3/c18-17(19-9-15-7-11-1-3-13(15)5-11)20-10-16-8-12-2-4-14(16)6-12/h1-4,11-16H,5-10H2/q-1. The molecule has 4 bridgehead atoms. The van der Waals surface area contributed by atoms with Crippen LogP contribution in [0.5, 0.6) is 0 Å². The SMILES string of the molecule is [O-]N(OCC1CC2C=CC1C2)OCC1CC2C=CC1C2. The summed E-state index contributed by atoms with van der Waals surface area (Å²) in [5.41, 5.74) is 0. The Morgan fingerprint density at radius 2 is 1.30 bits per heavy atom. The second kappa shape index (κ2) is 5.26. The van der Waals surface area contributed by atoms with Crippen LogP contribution in [0.3, 0.4) is 0 Å². The first-order valence-corrected chi connectivity index (χ1v) is 7.87. The summed E-state index contributed by atoms with van der Waals surface area (Å²) in [4.78, 5) is 10.4. The van der Waals surface area contributed by atoms with Crippen LogP contribution in [-0.4, -0.2) is 18.6 Å². The number of hydrogen-bond acceptors (Lipinski definition) is 4. The number of rotatable bonds is 6. The van der Waals surface area contributed by atoms with E-state index in [2.05, 4.69) is 24.3 Å². The normalized spacial score (nSPS) is 44.3. The lowest BCUT2D eigenvalue weighted by Crippen LogP contribution is -2.26. The van der Waals surface area contributed by atoms with Crippen LogP contribution in [0.1, 0.15) is 25.7 Å². The molecule has 0 aromatic rings. The fraction of sp³-hybridized carbons (Fsp3) is 0.750. The largest absolute Gasteiger partial charge is 0.738 e. The maximum atomic E-state index is 11.6. The topological polar surface area (TPSA) is 44.8 Å². The summed E-state index contributed by atoms with van der Waals surface area (Å²) >= 11 is 0. The van der Waals surface area contributed by atoms with E-state index in [-0.39, 0.29) is 0 Å². The summed E-state index contributed by atoms with van der Waals surface area (Å²) in [6.07, 6.45) is 14.0. The third kappa shape index (κ3) is 2.46. The zero-order chi connectivity index (χ0) is 13.5. The van der Waals surface area contributed by atoms with Gasteiger partial charge in [-0.2, -0.15) is 0 Å². The summed E-state index contributed by atoms with van der Waals surface area (Å²) in [6.45, 7) is 0.983. The van der Waals surface area contributed by atoms with Crippen molar-refractivity contribution in [1.82, 2.24) is 5.39 Å². The molecule has 4 rings (SSSR count). The molecule has 0 spiro atoms. The first-order chi connectivity index (χ1) is 9.78. The zero-order valence-electron chi connectivity index (χ0n) is 11.7. The Balaban J connectivity index is 1.17. The predicted octanol–water partition coefficient (Wildman–Crippen LogP) is 3.07. The highest BCUT2D eigenvalue weighted by Crippen LogP contribution is 2.44. The maximum Gasteiger partial charge on any atom is 0.0734 e. The molecule has 2 saturated carbocycles. The van der Waals surface area contributed by atoms with Crippen LogP contribution in [0, 0.1) is 40.7 Å². The molecule has 4 nitrogen and oxygen atoms in total. The van der Waals surface area contributed by atoms with Gasteiger partial charge in [0.25, 0.3) is 0 Å². The van der Waals surface area contributed by atoms with Crippen LogP contribution in [0.15, 0.2) is 24.3 Å². The van der Waals surface area contributed by atoms with Gasteiger partial charge >= 0.3 is 0 Å². The molecular formula is C16H22NO3-. The molecule has 0 aromatic heterocycles. The number of nitrogens with zero attached hydrogens (tertiary/aromatic N) is 1. The van der Waals surface area contributed by atoms with Crippen LogP contribution in [0.4, 0.5) is 0 Å². The highest BCUT2D eigenvalue weighted by Gasteiger charge is 2.37. The van der Waals surface area contributed by atoms with Crippen molar-refractivity contribution in [2.45, 2.75) is 25.7 Å². The molecule has 0 aliphatic heterocycles. The number of hydrogen-bond donors (Lipinski definition) is 0. The second-order valence-electron chi connectivity index (χ2n) is 6.90. The Labute approximate surface area is 119 Å². The summed E-state index contributed by atoms with van der Waals surface area (Å²) < 4.78 is 0. The van der Waals surface area contributed by atoms with E-state index in [1.54, 1.807) is 0 Å². The van der Waals surface area contributed by atoms with Gasteiger partial charge in [-0.05, 0) is 61.2 Å². The lowest BCUT2D eigenvalue weighted by Gasteiger charge is -2.30. The Morgan fingerprint density at radius 3 is 1.65 bits per heavy atom. The van der Waals surface area contributed by atoms with Crippen molar-refractivity contribution in [3.63, 3.8) is 0 Å². The van der Waals surface area contributed by atoms with E-state index in [4.69, 9.17) is 9.68 Å². The van der Waals surface area contributed by atoms with Gasteiger partial charge in [0.15, 0.2) is 0 Å². The van der Waals surface area contributed by atoms with Gasteiger partial charge in [-0.1, -0.05) is 24.3 Å². The second-order valence-corrected chi connectivity index (χ2v) is 6.90. The average molecular weight is 276 g/mol. The van der Waals surface area contributed by atoms with E-state index in [0.29, 0.717) is 42.3 Å². The third-order valence-electron chi connectivity index (χ3n) is 5.62. The summed E-state index contributed by atoms with van der Waals surface area (Å²) in [6, 6.07) is 0. The van der Waals surface area contributed by atoms with E-state index >= 15 is 0 Å². The number of fused-ring (bicyclic) bond motifs is 4. The van der Waals surface area contributed by atoms with Crippen molar-refractivity contribution in [3.05, 3.63) is 29.5 Å². The van der Waals surface area contributed by atoms with Crippen molar-refractivity contribution in [2.24, 2.45) is 35.5 Å². The monoisotopic (exact) mass is 276 g/mol. The molecule has 4 aliphatic carbocycles. The fourth-order valence-electron chi connectivity index (χ4n) is 4.52. The van der Waals surface area contributed by atoms with Gasteiger partial charge in [0.1, 0.15) is 0 Å². The summed E-state index contributed by atoms with van der Waals surface area (Å²) in [7, 11) is 0. The molecule has 0 saturated heterocycles. The van der Waals surface area contributed by atoms with Crippen LogP contribution in [0.25, 0.3) is 0 Å². The molecule has 20 heavy (non-hydrogen) atoms. The van der Waals surface area contributed by atoms with Crippen LogP contribution in [0.2, 0.25) is 0 Å². The molecule has 0 amide bonds. The molecule has 0 N–H and O–H groups in total. The minimum absolute atomic E-state index is 0.353. The lowest BCUT2D eigenvalue weighted by atomic mass is 9.95. The van der Waals surface area contributed by atoms with E-state index in [9.17, 15) is 5.21 Å². The van der Waals surface area contributed by atoms with Gasteiger partial charge in [-0.15, -0.1) is 5.39 Å². The van der Waals surface area contributed by atoms with Crippen LogP contribution >= 0.6 is 0 Å². The number of allylic oxidation sites excluding steroid dienone is 4. The third-order valence-corrected chi connectivity index (χ3v) is 5.62. The van der Waals surface area contributed by atoms with E-state index in [1.165, 1.54) is 12.8 Å². The minimum Gasteiger partial charge on any atom is -0.738 e. The molecule has 2 fully saturated rings. The van der Waals surface area contributed by atoms with Gasteiger partial charge in [-0.3, -0.25) is 9.68 Å². The molecule has 0 radical (unpaired) electrons. The van der Waals surface area contributed by atoms with Gasteiger partial charge in [0, 0.05) is 0 Å². The molecule has 110 valence electrons. The van der Waals surface area contributed by atoms with E-state index in [0.717, 1.165) is 24.7 Å². The van der Waals surface area contributed by atoms with Crippen molar-refractivity contribution >= 4 is 0 Å². The fourth-order valence-corrected chi connectivity index (χ4v) is 4.52. The summed E-state index contributed by atoms with van der Waals surface area (Å²) in [5.74, 6) is 3.66. The minimum atomic E-state index is 0.353. The zero-order valence-corrected chi connectivity index (χ0v) is 11.7. The molecular weight excluding hydrogens is 254 g/mol. The maximum absolute atomic E-state index is 11.6. The van der Waals surface area contributed by atoms with E-state index in [1.807, 2.05) is 0 Å². The predicted molar refractivity (Wildman–Crippen MR) is 74.8 cm³/mol. The van der Waals surface area contributed by atoms with Gasteiger partial charge in [0.05, 0.1) is 13.2 Å².